The van der Waals surface area contributed by atoms with Crippen molar-refractivity contribution in [3.63, 3.8) is 0 Å². The van der Waals surface area contributed by atoms with Crippen LogP contribution in [-0.4, -0.2) is 38.6 Å². The van der Waals surface area contributed by atoms with Crippen LogP contribution < -0.4 is 10.6 Å². The van der Waals surface area contributed by atoms with E-state index in [0.717, 1.165) is 13.1 Å². The van der Waals surface area contributed by atoms with Gasteiger partial charge in [0.15, 0.2) is 0 Å². The minimum atomic E-state index is 0.665. The van der Waals surface area contributed by atoms with Crippen molar-refractivity contribution in [2.45, 2.75) is 31.8 Å². The lowest BCUT2D eigenvalue weighted by molar-refractivity contribution is 0.193. The summed E-state index contributed by atoms with van der Waals surface area (Å²) < 4.78 is 0. The second-order valence-electron chi connectivity index (χ2n) is 5.97. The van der Waals surface area contributed by atoms with Gasteiger partial charge in [0, 0.05) is 32.4 Å². The third-order valence-electron chi connectivity index (χ3n) is 4.37. The van der Waals surface area contributed by atoms with Gasteiger partial charge in [0.2, 0.25) is 0 Å². The quantitative estimate of drug-likeness (QED) is 0.883. The fourth-order valence-corrected chi connectivity index (χ4v) is 3.18. The van der Waals surface area contributed by atoms with Crippen molar-refractivity contribution < 1.29 is 0 Å². The molecule has 3 nitrogen and oxygen atoms in total. The largest absolute Gasteiger partial charge is 0.378 e. The predicted octanol–water partition coefficient (Wildman–Crippen LogP) is 2.31. The Morgan fingerprint density at radius 1 is 1.11 bits per heavy atom. The molecule has 0 aromatic heterocycles. The Morgan fingerprint density at radius 3 is 2.37 bits per heavy atom. The molecule has 1 aliphatic carbocycles. The summed E-state index contributed by atoms with van der Waals surface area (Å²) in [6.07, 6.45) is 3.93. The average Bonchev–Trinajstić information content (AvgIpc) is 2.87. The van der Waals surface area contributed by atoms with Crippen LogP contribution in [0.2, 0.25) is 0 Å². The van der Waals surface area contributed by atoms with Crippen LogP contribution >= 0.6 is 0 Å². The highest BCUT2D eigenvalue weighted by atomic mass is 15.1. The van der Waals surface area contributed by atoms with Gasteiger partial charge in [-0.2, -0.15) is 0 Å². The van der Waals surface area contributed by atoms with Crippen molar-refractivity contribution in [1.29, 1.82) is 0 Å². The van der Waals surface area contributed by atoms with E-state index in [1.807, 2.05) is 0 Å². The zero-order valence-electron chi connectivity index (χ0n) is 12.5. The van der Waals surface area contributed by atoms with Crippen molar-refractivity contribution in [2.24, 2.45) is 11.7 Å². The van der Waals surface area contributed by atoms with Gasteiger partial charge < -0.3 is 10.6 Å². The monoisotopic (exact) mass is 261 g/mol. The maximum absolute atomic E-state index is 5.88. The number of benzene rings is 1. The van der Waals surface area contributed by atoms with E-state index < -0.39 is 0 Å². The first-order chi connectivity index (χ1) is 9.11. The Hall–Kier alpha value is -1.06. The molecule has 2 rings (SSSR count). The maximum Gasteiger partial charge on any atom is 0.0361 e. The molecule has 19 heavy (non-hydrogen) atoms. The van der Waals surface area contributed by atoms with Crippen LogP contribution in [0.4, 0.5) is 5.69 Å². The molecule has 3 heteroatoms. The SMILES string of the molecule is CN(C)c1ccc(CN(C)C2CCCC2CN)cc1. The van der Waals surface area contributed by atoms with Crippen LogP contribution in [0.3, 0.4) is 0 Å². The van der Waals surface area contributed by atoms with Gasteiger partial charge in [0.05, 0.1) is 0 Å². The van der Waals surface area contributed by atoms with Gasteiger partial charge in [0.1, 0.15) is 0 Å². The average molecular weight is 261 g/mol. The van der Waals surface area contributed by atoms with E-state index in [-0.39, 0.29) is 0 Å². The molecule has 2 N–H and O–H groups in total. The number of hydrogen-bond acceptors (Lipinski definition) is 3. The second-order valence-corrected chi connectivity index (χ2v) is 5.97. The predicted molar refractivity (Wildman–Crippen MR) is 82.4 cm³/mol. The van der Waals surface area contributed by atoms with Crippen LogP contribution in [0, 0.1) is 5.92 Å². The minimum Gasteiger partial charge on any atom is -0.378 e. The molecule has 2 atom stereocenters. The topological polar surface area (TPSA) is 32.5 Å². The molecule has 1 saturated carbocycles. The van der Waals surface area contributed by atoms with Crippen LogP contribution in [0.25, 0.3) is 0 Å². The Labute approximate surface area is 117 Å². The van der Waals surface area contributed by atoms with Crippen LogP contribution in [0.15, 0.2) is 24.3 Å². The number of hydrogen-bond donors (Lipinski definition) is 1. The van der Waals surface area contributed by atoms with Crippen molar-refractivity contribution >= 4 is 5.69 Å². The maximum atomic E-state index is 5.88. The first kappa shape index (κ1) is 14.4. The van der Waals surface area contributed by atoms with Crippen LogP contribution in [-0.2, 0) is 6.54 Å². The summed E-state index contributed by atoms with van der Waals surface area (Å²) in [5, 5.41) is 0. The summed E-state index contributed by atoms with van der Waals surface area (Å²) in [4.78, 5) is 4.62. The van der Waals surface area contributed by atoms with Crippen molar-refractivity contribution in [2.75, 3.05) is 32.6 Å². The summed E-state index contributed by atoms with van der Waals surface area (Å²) in [6, 6.07) is 9.52. The Balaban J connectivity index is 1.96. The zero-order valence-corrected chi connectivity index (χ0v) is 12.5. The minimum absolute atomic E-state index is 0.665. The van der Waals surface area contributed by atoms with Crippen molar-refractivity contribution in [3.8, 4) is 0 Å². The van der Waals surface area contributed by atoms with E-state index in [1.54, 1.807) is 0 Å². The Kier molecular flexibility index (Phi) is 4.83. The number of nitrogens with zero attached hydrogens (tertiary/aromatic N) is 2. The highest BCUT2D eigenvalue weighted by molar-refractivity contribution is 5.45. The smallest absolute Gasteiger partial charge is 0.0361 e. The molecule has 0 aliphatic heterocycles. The Morgan fingerprint density at radius 2 is 1.79 bits per heavy atom. The van der Waals surface area contributed by atoms with Gasteiger partial charge in [-0.3, -0.25) is 4.90 Å². The molecular formula is C16H27N3. The number of anilines is 1. The van der Waals surface area contributed by atoms with Gasteiger partial charge in [-0.15, -0.1) is 0 Å². The third kappa shape index (κ3) is 3.48. The van der Waals surface area contributed by atoms with E-state index in [1.165, 1.54) is 30.5 Å². The first-order valence-electron chi connectivity index (χ1n) is 7.28. The molecule has 1 aromatic rings. The highest BCUT2D eigenvalue weighted by Crippen LogP contribution is 2.29. The molecule has 0 bridgehead atoms. The molecule has 0 amide bonds. The lowest BCUT2D eigenvalue weighted by atomic mass is 10.0. The molecule has 0 radical (unpaired) electrons. The summed E-state index contributed by atoms with van der Waals surface area (Å²) in [6.45, 7) is 1.85. The van der Waals surface area contributed by atoms with E-state index in [0.29, 0.717) is 12.0 Å². The van der Waals surface area contributed by atoms with Crippen LogP contribution in [0.5, 0.6) is 0 Å². The lowest BCUT2D eigenvalue weighted by Gasteiger charge is -2.29. The van der Waals surface area contributed by atoms with Crippen molar-refractivity contribution in [3.05, 3.63) is 29.8 Å². The molecule has 1 aromatic carbocycles. The Bertz CT molecular complexity index is 385. The molecule has 0 saturated heterocycles. The standard InChI is InChI=1S/C16H27N3/c1-18(2)15-9-7-13(8-10-15)12-19(3)16-6-4-5-14(16)11-17/h7-10,14,16H,4-6,11-12,17H2,1-3H3. The normalized spacial score (nSPS) is 23.0. The molecule has 0 spiro atoms. The number of rotatable bonds is 5. The van der Waals surface area contributed by atoms with Gasteiger partial charge in [-0.05, 0) is 50.0 Å². The van der Waals surface area contributed by atoms with Gasteiger partial charge in [-0.1, -0.05) is 18.6 Å². The van der Waals surface area contributed by atoms with E-state index in [4.69, 9.17) is 5.73 Å². The van der Waals surface area contributed by atoms with E-state index >= 15 is 0 Å². The second kappa shape index (κ2) is 6.40. The fourth-order valence-electron chi connectivity index (χ4n) is 3.18. The first-order valence-corrected chi connectivity index (χ1v) is 7.28. The summed E-state index contributed by atoms with van der Waals surface area (Å²) in [5.41, 5.74) is 8.52. The van der Waals surface area contributed by atoms with E-state index in [2.05, 4.69) is 55.2 Å². The molecule has 1 fully saturated rings. The molecule has 2 unspecified atom stereocenters. The summed E-state index contributed by atoms with van der Waals surface area (Å²) in [7, 11) is 6.38. The molecular weight excluding hydrogens is 234 g/mol. The van der Waals surface area contributed by atoms with Gasteiger partial charge in [-0.25, -0.2) is 0 Å². The summed E-state index contributed by atoms with van der Waals surface area (Å²) in [5.74, 6) is 0.686. The third-order valence-corrected chi connectivity index (χ3v) is 4.37. The fraction of sp³-hybridized carbons (Fsp3) is 0.625. The summed E-state index contributed by atoms with van der Waals surface area (Å²) >= 11 is 0. The molecule has 1 aliphatic rings. The number of nitrogens with two attached hydrogens (primary N) is 1. The van der Waals surface area contributed by atoms with Gasteiger partial charge in [0.25, 0.3) is 0 Å². The lowest BCUT2D eigenvalue weighted by Crippen LogP contribution is -2.37. The molecule has 106 valence electrons. The zero-order chi connectivity index (χ0) is 13.8. The highest BCUT2D eigenvalue weighted by Gasteiger charge is 2.29. The molecule has 0 heterocycles. The van der Waals surface area contributed by atoms with E-state index in [9.17, 15) is 0 Å². The van der Waals surface area contributed by atoms with Crippen LogP contribution in [0.1, 0.15) is 24.8 Å². The van der Waals surface area contributed by atoms with Crippen molar-refractivity contribution in [1.82, 2.24) is 4.90 Å². The van der Waals surface area contributed by atoms with Gasteiger partial charge >= 0.3 is 0 Å².